The van der Waals surface area contributed by atoms with E-state index in [1.165, 1.54) is 4.68 Å². The summed E-state index contributed by atoms with van der Waals surface area (Å²) in [6.07, 6.45) is -0.251. The molecule has 1 atom stereocenters. The largest absolute Gasteiger partial charge is 0.476 e. The van der Waals surface area contributed by atoms with Crippen LogP contribution in [0.3, 0.4) is 0 Å². The van der Waals surface area contributed by atoms with Gasteiger partial charge in [0.1, 0.15) is 6.10 Å². The van der Waals surface area contributed by atoms with Gasteiger partial charge in [-0.15, -0.1) is 5.10 Å². The second-order valence-electron chi connectivity index (χ2n) is 4.88. The number of ether oxygens (including phenoxy) is 1. The molecule has 1 unspecified atom stereocenters. The number of nitrogens with one attached hydrogen (secondary N) is 1. The van der Waals surface area contributed by atoms with E-state index in [0.717, 1.165) is 0 Å². The molecule has 1 aromatic heterocycles. The lowest BCUT2D eigenvalue weighted by Gasteiger charge is -2.12. The molecule has 0 bridgehead atoms. The average molecular weight is 268 g/mol. The number of rotatable bonds is 5. The summed E-state index contributed by atoms with van der Waals surface area (Å²) >= 11 is 0. The van der Waals surface area contributed by atoms with Gasteiger partial charge in [0.05, 0.1) is 18.8 Å². The van der Waals surface area contributed by atoms with Gasteiger partial charge in [0, 0.05) is 0 Å². The average Bonchev–Trinajstić information content (AvgIpc) is 2.87. The molecule has 19 heavy (non-hydrogen) atoms. The third-order valence-electron chi connectivity index (χ3n) is 2.77. The third-order valence-corrected chi connectivity index (χ3v) is 2.77. The number of cyclic esters (lactones) is 1. The Balaban J connectivity index is 2.19. The van der Waals surface area contributed by atoms with Crippen LogP contribution in [0.4, 0.5) is 4.79 Å². The summed E-state index contributed by atoms with van der Waals surface area (Å²) in [5.74, 6) is -0.817. The van der Waals surface area contributed by atoms with Crippen LogP contribution in [0.5, 0.6) is 0 Å². The molecule has 1 fully saturated rings. The summed E-state index contributed by atoms with van der Waals surface area (Å²) in [6.45, 7) is 4.67. The Kier molecular flexibility index (Phi) is 3.68. The SMILES string of the molecule is CC(C)Cc1c(C(=O)O)nnn1CC1CNC(=O)O1. The van der Waals surface area contributed by atoms with Crippen molar-refractivity contribution < 1.29 is 19.4 Å². The Morgan fingerprint density at radius 1 is 1.63 bits per heavy atom. The van der Waals surface area contributed by atoms with Gasteiger partial charge >= 0.3 is 12.1 Å². The Morgan fingerprint density at radius 2 is 2.37 bits per heavy atom. The fourth-order valence-corrected chi connectivity index (χ4v) is 1.96. The molecule has 0 aliphatic carbocycles. The maximum atomic E-state index is 11.1. The molecule has 1 aliphatic rings. The maximum Gasteiger partial charge on any atom is 0.407 e. The summed E-state index contributed by atoms with van der Waals surface area (Å²) in [5.41, 5.74) is 0.524. The van der Waals surface area contributed by atoms with E-state index in [4.69, 9.17) is 9.84 Å². The van der Waals surface area contributed by atoms with Gasteiger partial charge in [0.25, 0.3) is 0 Å². The molecular formula is C11H16N4O4. The quantitative estimate of drug-likeness (QED) is 0.794. The smallest absolute Gasteiger partial charge is 0.407 e. The number of amides is 1. The van der Waals surface area contributed by atoms with Crippen molar-refractivity contribution in [2.75, 3.05) is 6.54 Å². The highest BCUT2D eigenvalue weighted by molar-refractivity contribution is 5.86. The van der Waals surface area contributed by atoms with Gasteiger partial charge in [0.15, 0.2) is 5.69 Å². The first-order valence-electron chi connectivity index (χ1n) is 6.07. The van der Waals surface area contributed by atoms with Crippen LogP contribution in [-0.2, 0) is 17.7 Å². The minimum absolute atomic E-state index is 0.0361. The molecule has 104 valence electrons. The minimum atomic E-state index is -1.09. The van der Waals surface area contributed by atoms with Crippen LogP contribution in [-0.4, -0.2) is 44.8 Å². The molecule has 1 aromatic rings. The van der Waals surface area contributed by atoms with Crippen molar-refractivity contribution in [2.45, 2.75) is 32.9 Å². The standard InChI is InChI=1S/C11H16N4O4/c1-6(2)3-8-9(10(16)17)13-14-15(8)5-7-4-12-11(18)19-7/h6-7H,3-5H2,1-2H3,(H,12,18)(H,16,17). The zero-order valence-corrected chi connectivity index (χ0v) is 10.8. The van der Waals surface area contributed by atoms with Crippen molar-refractivity contribution in [3.8, 4) is 0 Å². The number of hydrogen-bond acceptors (Lipinski definition) is 5. The molecule has 0 spiro atoms. The van der Waals surface area contributed by atoms with Gasteiger partial charge in [-0.3, -0.25) is 0 Å². The van der Waals surface area contributed by atoms with E-state index in [-0.39, 0.29) is 17.7 Å². The summed E-state index contributed by atoms with van der Waals surface area (Å²) < 4.78 is 6.52. The van der Waals surface area contributed by atoms with Crippen molar-refractivity contribution in [1.82, 2.24) is 20.3 Å². The van der Waals surface area contributed by atoms with Crippen LogP contribution in [0.2, 0.25) is 0 Å². The van der Waals surface area contributed by atoms with E-state index in [1.54, 1.807) is 0 Å². The van der Waals surface area contributed by atoms with Crippen LogP contribution in [0.1, 0.15) is 30.0 Å². The number of aromatic nitrogens is 3. The van der Waals surface area contributed by atoms with Crippen LogP contribution in [0.25, 0.3) is 0 Å². The van der Waals surface area contributed by atoms with Gasteiger partial charge in [-0.2, -0.15) is 0 Å². The highest BCUT2D eigenvalue weighted by atomic mass is 16.6. The number of carboxylic acids is 1. The van der Waals surface area contributed by atoms with Gasteiger partial charge in [-0.05, 0) is 12.3 Å². The first-order valence-corrected chi connectivity index (χ1v) is 6.07. The number of carboxylic acid groups (broad SMARTS) is 1. The van der Waals surface area contributed by atoms with Gasteiger partial charge < -0.3 is 15.2 Å². The van der Waals surface area contributed by atoms with Crippen molar-refractivity contribution in [1.29, 1.82) is 0 Å². The van der Waals surface area contributed by atoms with E-state index in [9.17, 15) is 9.59 Å². The second-order valence-corrected chi connectivity index (χ2v) is 4.88. The fraction of sp³-hybridized carbons (Fsp3) is 0.636. The minimum Gasteiger partial charge on any atom is -0.476 e. The third kappa shape index (κ3) is 3.01. The van der Waals surface area contributed by atoms with E-state index in [0.29, 0.717) is 25.2 Å². The fourth-order valence-electron chi connectivity index (χ4n) is 1.96. The summed E-state index contributed by atoms with van der Waals surface area (Å²) in [7, 11) is 0. The Morgan fingerprint density at radius 3 is 2.89 bits per heavy atom. The highest BCUT2D eigenvalue weighted by Crippen LogP contribution is 2.14. The van der Waals surface area contributed by atoms with Crippen LogP contribution in [0, 0.1) is 5.92 Å². The molecule has 1 aliphatic heterocycles. The zero-order chi connectivity index (χ0) is 14.0. The topological polar surface area (TPSA) is 106 Å². The molecule has 1 saturated heterocycles. The molecule has 0 radical (unpaired) electrons. The summed E-state index contributed by atoms with van der Waals surface area (Å²) in [4.78, 5) is 22.0. The molecule has 1 amide bonds. The summed E-state index contributed by atoms with van der Waals surface area (Å²) in [6, 6.07) is 0. The van der Waals surface area contributed by atoms with Crippen LogP contribution < -0.4 is 5.32 Å². The number of alkyl carbamates (subject to hydrolysis) is 1. The van der Waals surface area contributed by atoms with E-state index in [1.807, 2.05) is 13.8 Å². The monoisotopic (exact) mass is 268 g/mol. The van der Waals surface area contributed by atoms with Gasteiger partial charge in [-0.1, -0.05) is 19.1 Å². The number of carbonyl (C=O) groups excluding carboxylic acids is 1. The Bertz CT molecular complexity index is 497. The van der Waals surface area contributed by atoms with Gasteiger partial charge in [-0.25, -0.2) is 14.3 Å². The number of aromatic carboxylic acids is 1. The van der Waals surface area contributed by atoms with E-state index in [2.05, 4.69) is 15.6 Å². The van der Waals surface area contributed by atoms with Crippen LogP contribution >= 0.6 is 0 Å². The highest BCUT2D eigenvalue weighted by Gasteiger charge is 2.26. The second kappa shape index (κ2) is 5.25. The Hall–Kier alpha value is -2.12. The first kappa shape index (κ1) is 13.3. The van der Waals surface area contributed by atoms with Gasteiger partial charge in [0.2, 0.25) is 0 Å². The normalized spacial score (nSPS) is 18.5. The lowest BCUT2D eigenvalue weighted by molar-refractivity contribution is 0.0688. The van der Waals surface area contributed by atoms with Crippen molar-refractivity contribution in [3.05, 3.63) is 11.4 Å². The lowest BCUT2D eigenvalue weighted by atomic mass is 10.1. The first-order chi connectivity index (χ1) is 8.97. The zero-order valence-electron chi connectivity index (χ0n) is 10.8. The molecule has 0 saturated carbocycles. The molecule has 2 heterocycles. The van der Waals surface area contributed by atoms with Crippen LogP contribution in [0.15, 0.2) is 0 Å². The Labute approximate surface area is 109 Å². The molecule has 8 heteroatoms. The molecule has 8 nitrogen and oxygen atoms in total. The molecule has 2 rings (SSSR count). The van der Waals surface area contributed by atoms with Crippen molar-refractivity contribution in [2.24, 2.45) is 5.92 Å². The molecule has 0 aromatic carbocycles. The van der Waals surface area contributed by atoms with Crippen molar-refractivity contribution in [3.63, 3.8) is 0 Å². The predicted octanol–water partition coefficient (Wildman–Crippen LogP) is 0.283. The molecule has 2 N–H and O–H groups in total. The number of nitrogens with zero attached hydrogens (tertiary/aromatic N) is 3. The van der Waals surface area contributed by atoms with Crippen molar-refractivity contribution >= 4 is 12.1 Å². The molecular weight excluding hydrogens is 252 g/mol. The number of carbonyl (C=O) groups is 2. The summed E-state index contributed by atoms with van der Waals surface area (Å²) in [5, 5.41) is 19.1. The van der Waals surface area contributed by atoms with E-state index < -0.39 is 12.1 Å². The number of hydrogen-bond donors (Lipinski definition) is 2. The maximum absolute atomic E-state index is 11.1. The lowest BCUT2D eigenvalue weighted by Crippen LogP contribution is -2.23. The van der Waals surface area contributed by atoms with E-state index >= 15 is 0 Å². The predicted molar refractivity (Wildman–Crippen MR) is 63.8 cm³/mol.